The van der Waals surface area contributed by atoms with E-state index in [1.54, 1.807) is 198 Å². The summed E-state index contributed by atoms with van der Waals surface area (Å²) in [5, 5.41) is 41.6. The van der Waals surface area contributed by atoms with Gasteiger partial charge in [-0.15, -0.1) is 10.2 Å². The van der Waals surface area contributed by atoms with Crippen LogP contribution in [0.5, 0.6) is 23.0 Å². The lowest BCUT2D eigenvalue weighted by Crippen LogP contribution is -2.48. The van der Waals surface area contributed by atoms with Gasteiger partial charge in [-0.1, -0.05) is 22.4 Å². The lowest BCUT2D eigenvalue weighted by Gasteiger charge is -2.22. The van der Waals surface area contributed by atoms with Crippen molar-refractivity contribution in [1.82, 2.24) is 62.0 Å². The molecule has 4 aromatic heterocycles. The number of benzene rings is 5. The molecule has 5 atom stereocenters. The number of aryl methyl sites for hydroxylation is 6. The van der Waals surface area contributed by atoms with Gasteiger partial charge in [-0.25, -0.2) is 28.4 Å². The SMILES string of the molecule is CC(C)(C)OC(=O)N[C@H]1COc2ccc(-c3ccccn3)cc2NC1=O.Cc1cc(F)c2c(c1)CC[C@H](NC(=O)OC(C)(C)C)C(=O)N2.Cc1nc(-c2ccc3c(c2)NC(=O)[C@@H](NC(=O)OC(C)(C)C)CO3)no1.Cc1nnc(-c2cc3c(cc2C)OC[C@H](NC(=O)OC(C)(C)C)C(=O)N3)o1.Cc1noc(-c2ccc3c(c2)NC(=O)[C@@H](NC(=O)OC(C)(C)C)CO3)n1. The summed E-state index contributed by atoms with van der Waals surface area (Å²) in [4.78, 5) is 134. The highest BCUT2D eigenvalue weighted by Gasteiger charge is 2.36. The minimum absolute atomic E-state index is 0.0149. The average Bonchev–Trinajstić information content (AvgIpc) is 1.70. The molecule has 9 heterocycles. The van der Waals surface area contributed by atoms with Crippen LogP contribution >= 0.6 is 0 Å². The van der Waals surface area contributed by atoms with E-state index in [2.05, 4.69) is 88.6 Å². The maximum atomic E-state index is 14.0. The zero-order chi connectivity index (χ0) is 92.8. The molecule has 0 radical (unpaired) electrons. The summed E-state index contributed by atoms with van der Waals surface area (Å²) >= 11 is 0. The number of nitrogens with one attached hydrogen (secondary N) is 10. The zero-order valence-corrected chi connectivity index (χ0v) is 73.9. The number of fused-ring (bicyclic) bond motifs is 5. The lowest BCUT2D eigenvalue weighted by atomic mass is 10.0. The van der Waals surface area contributed by atoms with Gasteiger partial charge in [0.25, 0.3) is 29.5 Å². The first-order valence-electron chi connectivity index (χ1n) is 40.2. The van der Waals surface area contributed by atoms with Crippen LogP contribution in [0.1, 0.15) is 145 Å². The Bertz CT molecular complexity index is 5410. The number of rotatable bonds is 9. The Hall–Kier alpha value is -14.5. The molecule has 5 aliphatic rings. The van der Waals surface area contributed by atoms with Crippen LogP contribution in [0.3, 0.4) is 0 Å². The topological polar surface area (TPSA) is 504 Å². The van der Waals surface area contributed by atoms with Gasteiger partial charge in [0, 0.05) is 42.3 Å². The molecule has 0 aliphatic carbocycles. The van der Waals surface area contributed by atoms with Crippen LogP contribution in [0.4, 0.5) is 56.8 Å². The first kappa shape index (κ1) is 94.7. The highest BCUT2D eigenvalue weighted by atomic mass is 19.1. The molecule has 10 amide bonds. The van der Waals surface area contributed by atoms with E-state index in [4.69, 9.17) is 56.1 Å². The second kappa shape index (κ2) is 40.0. The fraction of sp³-hybridized carbons (Fsp3) is 0.414. The van der Waals surface area contributed by atoms with Crippen molar-refractivity contribution in [2.45, 2.75) is 210 Å². The molecule has 9 aromatic rings. The van der Waals surface area contributed by atoms with Gasteiger partial charge < -0.3 is 109 Å². The summed E-state index contributed by atoms with van der Waals surface area (Å²) in [5.41, 5.74) is 4.87. The molecule has 0 saturated heterocycles. The minimum atomic E-state index is -0.887. The van der Waals surface area contributed by atoms with E-state index in [0.717, 1.165) is 27.9 Å². The molecule has 0 fully saturated rings. The summed E-state index contributed by atoms with van der Waals surface area (Å²) in [5.74, 6) is 2.01. The summed E-state index contributed by atoms with van der Waals surface area (Å²) in [6, 6.07) is 23.8. The molecule has 0 bridgehead atoms. The molecule has 39 nitrogen and oxygen atoms in total. The average molecular weight is 1760 g/mol. The Morgan fingerprint density at radius 3 is 1.25 bits per heavy atom. The van der Waals surface area contributed by atoms with Crippen LogP contribution in [0, 0.1) is 40.4 Å². The Balaban J connectivity index is 0.000000166. The number of anilines is 5. The number of amides is 10. The number of nitrogens with zero attached hydrogens (tertiary/aromatic N) is 7. The number of hydrogen-bond donors (Lipinski definition) is 10. The number of ether oxygens (including phenoxy) is 9. The van der Waals surface area contributed by atoms with Crippen LogP contribution in [0.25, 0.3) is 45.6 Å². The van der Waals surface area contributed by atoms with Crippen molar-refractivity contribution in [3.05, 3.63) is 143 Å². The van der Waals surface area contributed by atoms with Crippen LogP contribution < -0.4 is 72.1 Å². The number of aromatic nitrogens is 7. The molecule has 676 valence electrons. The van der Waals surface area contributed by atoms with E-state index in [1.807, 2.05) is 37.3 Å². The predicted octanol–water partition coefficient (Wildman–Crippen LogP) is 13.0. The molecule has 0 unspecified atom stereocenters. The summed E-state index contributed by atoms with van der Waals surface area (Å²) < 4.78 is 78.1. The van der Waals surface area contributed by atoms with Crippen molar-refractivity contribution < 1.29 is 108 Å². The molecular formula is C87H104FN17O22. The van der Waals surface area contributed by atoms with Crippen LogP contribution in [-0.2, 0) is 54.1 Å². The Kier molecular flexibility index (Phi) is 29.8. The largest absolute Gasteiger partial charge is 0.489 e. The number of halogens is 1. The predicted molar refractivity (Wildman–Crippen MR) is 458 cm³/mol. The number of alkyl carbamates (subject to hydrolysis) is 5. The molecule has 5 aromatic carbocycles. The van der Waals surface area contributed by atoms with E-state index in [0.29, 0.717) is 110 Å². The number of hydrogen-bond acceptors (Lipinski definition) is 29. The standard InChI is InChI=1S/C19H21N3O4.C18H22N4O5.2C17H20N4O5.C16H21FN2O3/c1-19(2,3)26-18(24)22-15-11-25-16-8-7-12(10-14(16)21-17(15)23)13-6-4-5-9-20-13;1-9-6-14-12(7-11(9)16-22-21-10(2)26-16)19-15(23)13(8-25-14)20-17(24)27-18(3,4)5;1-9-18-15(26-21-9)10-5-6-13-11(7-10)19-14(22)12(8-24-13)20-16(23)25-17(2,3)4;1-9-18-14(21-26-9)10-5-6-13-11(7-10)19-15(22)12(8-24-13)20-16(23)25-17(2,3)4;1-9-7-10-5-6-12(18-15(21)22-16(2,3)4)14(20)19-13(10)11(17)8-9/h4-10,15H,11H2,1-3H3,(H,21,23)(H,22,24);6-7,13H,8H2,1-5H3,(H,19,23)(H,20,24);2*5-7,12H,8H2,1-4H3,(H,19,22)(H,20,23);7-8,12H,5-6H2,1-4H3,(H,18,21)(H,19,20)/t15-;13-;3*12-/m00000/s1. The first-order valence-corrected chi connectivity index (χ1v) is 40.2. The highest BCUT2D eigenvalue weighted by Crippen LogP contribution is 2.38. The van der Waals surface area contributed by atoms with Gasteiger partial charge in [0.15, 0.2) is 5.82 Å². The van der Waals surface area contributed by atoms with Crippen molar-refractivity contribution >= 4 is 88.4 Å². The van der Waals surface area contributed by atoms with E-state index < -0.39 is 118 Å². The fourth-order valence-electron chi connectivity index (χ4n) is 12.1. The number of carbonyl (C=O) groups excluding carboxylic acids is 10. The van der Waals surface area contributed by atoms with Crippen molar-refractivity contribution in [3.8, 4) is 68.6 Å². The third-order valence-corrected chi connectivity index (χ3v) is 17.5. The Labute approximate surface area is 730 Å². The molecule has 0 saturated carbocycles. The minimum Gasteiger partial charge on any atom is -0.489 e. The maximum absolute atomic E-state index is 14.0. The number of pyridine rings is 1. The quantitative estimate of drug-likeness (QED) is 0.0600. The highest BCUT2D eigenvalue weighted by molar-refractivity contribution is 6.03. The second-order valence-corrected chi connectivity index (χ2v) is 34.4. The van der Waals surface area contributed by atoms with Crippen LogP contribution in [-0.4, -0.2) is 180 Å². The Morgan fingerprint density at radius 1 is 0.425 bits per heavy atom. The smallest absolute Gasteiger partial charge is 0.408 e. The van der Waals surface area contributed by atoms with E-state index in [-0.39, 0.29) is 38.0 Å². The van der Waals surface area contributed by atoms with Crippen molar-refractivity contribution in [2.24, 2.45) is 0 Å². The Morgan fingerprint density at radius 2 is 0.843 bits per heavy atom. The molecule has 40 heteroatoms. The molecule has 5 aliphatic heterocycles. The summed E-state index contributed by atoms with van der Waals surface area (Å²) in [6.45, 7) is 34.9. The lowest BCUT2D eigenvalue weighted by molar-refractivity contribution is -0.119. The molecule has 10 N–H and O–H groups in total. The molecular weight excluding hydrogens is 1650 g/mol. The van der Waals surface area contributed by atoms with Gasteiger partial charge in [-0.05, 0) is 239 Å². The van der Waals surface area contributed by atoms with Crippen molar-refractivity contribution in [3.63, 3.8) is 0 Å². The van der Waals surface area contributed by atoms with Gasteiger partial charge in [-0.2, -0.15) is 9.97 Å². The molecule has 14 rings (SSSR count). The fourth-order valence-corrected chi connectivity index (χ4v) is 12.1. The first-order chi connectivity index (χ1) is 59.5. The third kappa shape index (κ3) is 28.3. The molecule has 0 spiro atoms. The van der Waals surface area contributed by atoms with Gasteiger partial charge in [-0.3, -0.25) is 29.0 Å². The van der Waals surface area contributed by atoms with Gasteiger partial charge in [0.05, 0.1) is 34.1 Å². The summed E-state index contributed by atoms with van der Waals surface area (Å²) in [7, 11) is 0. The monoisotopic (exact) mass is 1760 g/mol. The maximum Gasteiger partial charge on any atom is 0.408 e. The second-order valence-electron chi connectivity index (χ2n) is 34.4. The van der Waals surface area contributed by atoms with Crippen molar-refractivity contribution in [2.75, 3.05) is 53.0 Å². The number of carbonyl (C=O) groups is 10. The van der Waals surface area contributed by atoms with Gasteiger partial charge in [0.2, 0.25) is 29.4 Å². The zero-order valence-electron chi connectivity index (χ0n) is 73.9. The third-order valence-electron chi connectivity index (χ3n) is 17.5. The van der Waals surface area contributed by atoms with Crippen LogP contribution in [0.15, 0.2) is 117 Å². The van der Waals surface area contributed by atoms with E-state index in [1.165, 1.54) is 6.07 Å². The van der Waals surface area contributed by atoms with E-state index in [9.17, 15) is 52.3 Å². The summed E-state index contributed by atoms with van der Waals surface area (Å²) in [6.07, 6.45) is -0.790. The molecule has 127 heavy (non-hydrogen) atoms. The van der Waals surface area contributed by atoms with Gasteiger partial charge >= 0.3 is 30.5 Å². The van der Waals surface area contributed by atoms with E-state index >= 15 is 0 Å². The van der Waals surface area contributed by atoms with Gasteiger partial charge in [0.1, 0.15) is 113 Å². The van der Waals surface area contributed by atoms with Crippen molar-refractivity contribution in [1.29, 1.82) is 0 Å². The van der Waals surface area contributed by atoms with Crippen LogP contribution in [0.2, 0.25) is 0 Å². The normalized spacial score (nSPS) is 16.9.